The first-order valence-corrected chi connectivity index (χ1v) is 9.13. The maximum atomic E-state index is 11.8. The molecule has 3 heterocycles. The number of rotatable bonds is 2. The third kappa shape index (κ3) is 3.72. The third-order valence-corrected chi connectivity index (χ3v) is 4.93. The van der Waals surface area contributed by atoms with Crippen molar-refractivity contribution in [3.8, 4) is 17.6 Å². The van der Waals surface area contributed by atoms with Crippen LogP contribution in [0, 0.1) is 11.8 Å². The zero-order chi connectivity index (χ0) is 18.8. The van der Waals surface area contributed by atoms with Gasteiger partial charge in [0.05, 0.1) is 17.6 Å². The molecule has 3 aromatic rings. The van der Waals surface area contributed by atoms with Crippen molar-refractivity contribution in [1.29, 1.82) is 0 Å². The Morgan fingerprint density at radius 1 is 1.30 bits per heavy atom. The summed E-state index contributed by atoms with van der Waals surface area (Å²) >= 11 is 6.21. The lowest BCUT2D eigenvalue weighted by atomic mass is 10.2. The van der Waals surface area contributed by atoms with Gasteiger partial charge in [-0.3, -0.25) is 9.78 Å². The molecule has 1 fully saturated rings. The minimum atomic E-state index is -0.221. The number of methoxy groups -OCH3 is 1. The summed E-state index contributed by atoms with van der Waals surface area (Å²) < 4.78 is 11.5. The van der Waals surface area contributed by atoms with Crippen molar-refractivity contribution in [2.45, 2.75) is 0 Å². The van der Waals surface area contributed by atoms with E-state index in [-0.39, 0.29) is 5.91 Å². The molecule has 1 aromatic carbocycles. The number of thioether (sulfide) groups is 1. The fraction of sp³-hybridized carbons (Fsp3) is 0.0500. The number of thiocarbonyl (C=S) groups is 1. The third-order valence-electron chi connectivity index (χ3n) is 3.77. The number of nitrogens with one attached hydrogen (secondary N) is 1. The number of aromatic nitrogens is 1. The first-order chi connectivity index (χ1) is 13.1. The van der Waals surface area contributed by atoms with Gasteiger partial charge in [-0.05, 0) is 24.3 Å². The number of benzene rings is 1. The second kappa shape index (κ2) is 7.27. The lowest BCUT2D eigenvalue weighted by Crippen LogP contribution is -2.17. The van der Waals surface area contributed by atoms with Gasteiger partial charge in [0.25, 0.3) is 5.91 Å². The van der Waals surface area contributed by atoms with Crippen molar-refractivity contribution in [3.05, 3.63) is 64.5 Å². The average molecular weight is 392 g/mol. The van der Waals surface area contributed by atoms with Crippen LogP contribution in [0.3, 0.4) is 0 Å². The number of pyridine rings is 1. The van der Waals surface area contributed by atoms with Crippen molar-refractivity contribution < 1.29 is 13.9 Å². The maximum absolute atomic E-state index is 11.8. The lowest BCUT2D eigenvalue weighted by molar-refractivity contribution is -0.115. The molecule has 1 N–H and O–H groups in total. The van der Waals surface area contributed by atoms with Crippen LogP contribution >= 0.6 is 24.0 Å². The molecule has 1 amide bonds. The fourth-order valence-electron chi connectivity index (χ4n) is 2.53. The van der Waals surface area contributed by atoms with Gasteiger partial charge in [-0.1, -0.05) is 41.9 Å². The van der Waals surface area contributed by atoms with Crippen LogP contribution in [0.15, 0.2) is 52.0 Å². The predicted octanol–water partition coefficient (Wildman–Crippen LogP) is 3.73. The molecule has 0 spiro atoms. The van der Waals surface area contributed by atoms with Gasteiger partial charge >= 0.3 is 0 Å². The summed E-state index contributed by atoms with van der Waals surface area (Å²) in [6, 6.07) is 9.33. The van der Waals surface area contributed by atoms with Gasteiger partial charge in [-0.15, -0.1) is 0 Å². The smallest absolute Gasteiger partial charge is 0.263 e. The van der Waals surface area contributed by atoms with E-state index in [1.807, 2.05) is 30.3 Å². The molecule has 4 rings (SSSR count). The molecule has 7 heteroatoms. The normalized spacial score (nSPS) is 14.9. The Kier molecular flexibility index (Phi) is 4.67. The highest BCUT2D eigenvalue weighted by atomic mass is 32.2. The molecule has 0 atom stereocenters. The van der Waals surface area contributed by atoms with E-state index >= 15 is 0 Å². The molecule has 2 aromatic heterocycles. The summed E-state index contributed by atoms with van der Waals surface area (Å²) in [5.74, 6) is 7.25. The van der Waals surface area contributed by atoms with Crippen LogP contribution in [-0.2, 0) is 4.79 Å². The van der Waals surface area contributed by atoms with Crippen LogP contribution in [0.2, 0.25) is 0 Å². The molecule has 0 radical (unpaired) electrons. The van der Waals surface area contributed by atoms with Crippen LogP contribution in [0.1, 0.15) is 16.9 Å². The number of furan rings is 1. The highest BCUT2D eigenvalue weighted by molar-refractivity contribution is 8.26. The van der Waals surface area contributed by atoms with Crippen molar-refractivity contribution in [1.82, 2.24) is 10.3 Å². The SMILES string of the molecule is COc1cccc(C#Cc2cncc3cc(/C=C4/SC(=S)NC4=O)oc23)c1. The summed E-state index contributed by atoms with van der Waals surface area (Å²) in [5.41, 5.74) is 2.12. The minimum Gasteiger partial charge on any atom is -0.497 e. The van der Waals surface area contributed by atoms with Gasteiger partial charge in [0.1, 0.15) is 15.8 Å². The molecule has 1 aliphatic heterocycles. The van der Waals surface area contributed by atoms with E-state index in [0.29, 0.717) is 26.1 Å². The van der Waals surface area contributed by atoms with Crippen LogP contribution in [0.25, 0.3) is 17.0 Å². The zero-order valence-electron chi connectivity index (χ0n) is 14.1. The van der Waals surface area contributed by atoms with Crippen molar-refractivity contribution in [2.75, 3.05) is 7.11 Å². The van der Waals surface area contributed by atoms with E-state index in [9.17, 15) is 4.79 Å². The summed E-state index contributed by atoms with van der Waals surface area (Å²) in [7, 11) is 1.62. The van der Waals surface area contributed by atoms with Gasteiger partial charge in [-0.25, -0.2) is 0 Å². The van der Waals surface area contributed by atoms with Gasteiger partial charge < -0.3 is 14.5 Å². The second-order valence-corrected chi connectivity index (χ2v) is 7.31. The Morgan fingerprint density at radius 2 is 2.19 bits per heavy atom. The van der Waals surface area contributed by atoms with E-state index < -0.39 is 0 Å². The Bertz CT molecular complexity index is 1170. The van der Waals surface area contributed by atoms with E-state index in [1.165, 1.54) is 11.8 Å². The number of carbonyl (C=O) groups is 1. The van der Waals surface area contributed by atoms with E-state index in [0.717, 1.165) is 16.7 Å². The lowest BCUT2D eigenvalue weighted by Gasteiger charge is -1.98. The van der Waals surface area contributed by atoms with E-state index in [1.54, 1.807) is 25.6 Å². The van der Waals surface area contributed by atoms with Crippen molar-refractivity contribution in [2.24, 2.45) is 0 Å². The summed E-state index contributed by atoms with van der Waals surface area (Å²) in [5, 5.41) is 3.39. The highest BCUT2D eigenvalue weighted by Gasteiger charge is 2.22. The minimum absolute atomic E-state index is 0.221. The molecule has 5 nitrogen and oxygen atoms in total. The standard InChI is InChI=1S/C20H12N2O3S2/c1-24-15-4-2-3-12(7-15)5-6-13-10-21-11-14-8-16(25-18(13)14)9-17-19(23)22-20(26)27-17/h2-4,7-11H,1H3,(H,22,23,26)/b17-9+. The zero-order valence-corrected chi connectivity index (χ0v) is 15.7. The van der Waals surface area contributed by atoms with Crippen LogP contribution in [0.4, 0.5) is 0 Å². The number of amides is 1. The number of carbonyl (C=O) groups excluding carboxylic acids is 1. The molecule has 1 aliphatic rings. The average Bonchev–Trinajstić information content (AvgIpc) is 3.22. The van der Waals surface area contributed by atoms with E-state index in [2.05, 4.69) is 22.1 Å². The Morgan fingerprint density at radius 3 is 2.96 bits per heavy atom. The van der Waals surface area contributed by atoms with Gasteiger partial charge in [0, 0.05) is 29.4 Å². The number of nitrogens with zero attached hydrogens (tertiary/aromatic N) is 1. The maximum Gasteiger partial charge on any atom is 0.263 e. The molecule has 27 heavy (non-hydrogen) atoms. The van der Waals surface area contributed by atoms with Gasteiger partial charge in [0.2, 0.25) is 0 Å². The summed E-state index contributed by atoms with van der Waals surface area (Å²) in [6.45, 7) is 0. The van der Waals surface area contributed by atoms with E-state index in [4.69, 9.17) is 21.4 Å². The van der Waals surface area contributed by atoms with Crippen molar-refractivity contribution >= 4 is 51.3 Å². The number of ether oxygens (including phenoxy) is 1. The quantitative estimate of drug-likeness (QED) is 0.407. The molecule has 132 valence electrons. The first-order valence-electron chi connectivity index (χ1n) is 7.91. The Labute approximate surface area is 164 Å². The second-order valence-electron chi connectivity index (χ2n) is 5.59. The topological polar surface area (TPSA) is 64.4 Å². The molecule has 0 saturated carbocycles. The first kappa shape index (κ1) is 17.3. The van der Waals surface area contributed by atoms with Crippen LogP contribution in [-0.4, -0.2) is 22.3 Å². The molecule has 0 aliphatic carbocycles. The molecular weight excluding hydrogens is 380 g/mol. The van der Waals surface area contributed by atoms with Gasteiger partial charge in [-0.2, -0.15) is 0 Å². The molecule has 0 bridgehead atoms. The van der Waals surface area contributed by atoms with Crippen LogP contribution < -0.4 is 10.1 Å². The van der Waals surface area contributed by atoms with Gasteiger partial charge in [0.15, 0.2) is 5.58 Å². The number of hydrogen-bond acceptors (Lipinski definition) is 6. The molecule has 0 unspecified atom stereocenters. The number of fused-ring (bicyclic) bond motifs is 1. The number of hydrogen-bond donors (Lipinski definition) is 1. The molecule has 1 saturated heterocycles. The van der Waals surface area contributed by atoms with Crippen LogP contribution in [0.5, 0.6) is 5.75 Å². The monoisotopic (exact) mass is 392 g/mol. The largest absolute Gasteiger partial charge is 0.497 e. The molecular formula is C20H12N2O3S2. The highest BCUT2D eigenvalue weighted by Crippen LogP contribution is 2.29. The Balaban J connectivity index is 1.70. The Hall–Kier alpha value is -3.08. The summed E-state index contributed by atoms with van der Waals surface area (Å²) in [6.07, 6.45) is 5.02. The predicted molar refractivity (Wildman–Crippen MR) is 109 cm³/mol. The fourth-order valence-corrected chi connectivity index (χ4v) is 3.56. The summed E-state index contributed by atoms with van der Waals surface area (Å²) in [4.78, 5) is 16.5. The van der Waals surface area contributed by atoms with Crippen molar-refractivity contribution in [3.63, 3.8) is 0 Å².